The molecular weight excluding hydrogens is 458 g/mol. The van der Waals surface area contributed by atoms with Crippen LogP contribution in [0.5, 0.6) is 0 Å². The van der Waals surface area contributed by atoms with Gasteiger partial charge in [0.15, 0.2) is 5.78 Å². The summed E-state index contributed by atoms with van der Waals surface area (Å²) < 4.78 is 10.1. The molecule has 3 heterocycles. The zero-order chi connectivity index (χ0) is 25.4. The van der Waals surface area contributed by atoms with Crippen LogP contribution in [-0.2, 0) is 23.9 Å². The zero-order valence-corrected chi connectivity index (χ0v) is 20.1. The highest BCUT2D eigenvalue weighted by molar-refractivity contribution is 6.10. The molecule has 2 aromatic heterocycles. The molecule has 0 spiro atoms. The maximum atomic E-state index is 13.9. The van der Waals surface area contributed by atoms with Gasteiger partial charge >= 0.3 is 11.9 Å². The number of hydrogen-bond acceptors (Lipinski definition) is 8. The highest BCUT2D eigenvalue weighted by Crippen LogP contribution is 2.45. The minimum absolute atomic E-state index is 0.522. The van der Waals surface area contributed by atoms with E-state index in [1.807, 2.05) is 65.6 Å². The van der Waals surface area contributed by atoms with Crippen molar-refractivity contribution < 1.29 is 23.9 Å². The van der Waals surface area contributed by atoms with E-state index in [0.717, 1.165) is 21.8 Å². The van der Waals surface area contributed by atoms with Crippen LogP contribution in [0.25, 0.3) is 21.8 Å². The number of esters is 2. The third-order valence-corrected chi connectivity index (χ3v) is 6.88. The maximum absolute atomic E-state index is 13.9. The number of benzene rings is 2. The van der Waals surface area contributed by atoms with Crippen molar-refractivity contribution in [3.63, 3.8) is 0 Å². The van der Waals surface area contributed by atoms with Crippen molar-refractivity contribution in [2.24, 2.45) is 11.8 Å². The fourth-order valence-corrected chi connectivity index (χ4v) is 5.14. The number of para-hydroxylation sites is 2. The summed E-state index contributed by atoms with van der Waals surface area (Å²) in [5.41, 5.74) is 2.51. The van der Waals surface area contributed by atoms with Gasteiger partial charge in [-0.25, -0.2) is 0 Å². The van der Waals surface area contributed by atoms with Crippen LogP contribution >= 0.6 is 0 Å². The highest BCUT2D eigenvalue weighted by atomic mass is 16.5. The van der Waals surface area contributed by atoms with Crippen LogP contribution in [0, 0.1) is 11.8 Å². The van der Waals surface area contributed by atoms with Gasteiger partial charge in [-0.1, -0.05) is 48.5 Å². The van der Waals surface area contributed by atoms with Crippen molar-refractivity contribution in [3.8, 4) is 0 Å². The molecule has 1 saturated heterocycles. The molecule has 4 atom stereocenters. The number of methoxy groups -OCH3 is 2. The predicted octanol–water partition coefficient (Wildman–Crippen LogP) is 3.66. The van der Waals surface area contributed by atoms with Gasteiger partial charge in [0.05, 0.1) is 48.7 Å². The largest absolute Gasteiger partial charge is 0.468 e. The van der Waals surface area contributed by atoms with E-state index in [4.69, 9.17) is 19.4 Å². The van der Waals surface area contributed by atoms with E-state index in [0.29, 0.717) is 11.4 Å². The third kappa shape index (κ3) is 3.89. The van der Waals surface area contributed by atoms with Crippen LogP contribution in [0.3, 0.4) is 0 Å². The Bertz CT molecular complexity index is 1380. The number of ketones is 1. The van der Waals surface area contributed by atoms with Gasteiger partial charge < -0.3 is 9.47 Å². The van der Waals surface area contributed by atoms with Crippen LogP contribution in [0.15, 0.2) is 72.8 Å². The second-order valence-electron chi connectivity index (χ2n) is 8.82. The smallest absolute Gasteiger partial charge is 0.318 e. The summed E-state index contributed by atoms with van der Waals surface area (Å²) >= 11 is 0. The number of carbonyl (C=O) groups is 3. The minimum Gasteiger partial charge on any atom is -0.468 e. The lowest BCUT2D eigenvalue weighted by molar-refractivity contribution is -0.167. The Kier molecular flexibility index (Phi) is 6.20. The van der Waals surface area contributed by atoms with E-state index in [1.54, 1.807) is 19.2 Å². The SMILES string of the molecule is COC(=O)C1C(=O)C(C(=O)OC)C(c2ccc3ccccc3n2)N(C)C1c1ccc2ccccc2n1. The number of nitrogens with zero attached hydrogens (tertiary/aromatic N) is 3. The molecule has 0 radical (unpaired) electrons. The molecule has 8 nitrogen and oxygen atoms in total. The van der Waals surface area contributed by atoms with Gasteiger partial charge in [0.1, 0.15) is 11.8 Å². The molecule has 0 aliphatic carbocycles. The topological polar surface area (TPSA) is 98.7 Å². The number of ether oxygens (including phenoxy) is 2. The number of fused-ring (bicyclic) bond motifs is 2. The molecule has 36 heavy (non-hydrogen) atoms. The number of piperidine rings is 1. The Hall–Kier alpha value is -4.17. The molecule has 182 valence electrons. The molecular formula is C28H25N3O5. The van der Waals surface area contributed by atoms with Gasteiger partial charge in [-0.15, -0.1) is 0 Å². The maximum Gasteiger partial charge on any atom is 0.318 e. The van der Waals surface area contributed by atoms with Crippen molar-refractivity contribution in [3.05, 3.63) is 84.2 Å². The lowest BCUT2D eigenvalue weighted by Gasteiger charge is -2.45. The van der Waals surface area contributed by atoms with Gasteiger partial charge in [-0.2, -0.15) is 0 Å². The second kappa shape index (κ2) is 9.47. The number of likely N-dealkylation sites (tertiary alicyclic amines) is 1. The summed E-state index contributed by atoms with van der Waals surface area (Å²) in [5, 5.41) is 1.86. The van der Waals surface area contributed by atoms with E-state index >= 15 is 0 Å². The van der Waals surface area contributed by atoms with Gasteiger partial charge in [-0.05, 0) is 31.3 Å². The molecule has 1 fully saturated rings. The quantitative estimate of drug-likeness (QED) is 0.320. The van der Waals surface area contributed by atoms with Crippen molar-refractivity contribution in [2.75, 3.05) is 21.3 Å². The van der Waals surface area contributed by atoms with E-state index < -0.39 is 41.6 Å². The number of carbonyl (C=O) groups excluding carboxylic acids is 3. The van der Waals surface area contributed by atoms with Gasteiger partial charge in [0.2, 0.25) is 0 Å². The fraction of sp³-hybridized carbons (Fsp3) is 0.250. The zero-order valence-electron chi connectivity index (χ0n) is 20.1. The minimum atomic E-state index is -1.27. The molecule has 8 heteroatoms. The molecule has 0 saturated carbocycles. The average molecular weight is 484 g/mol. The summed E-state index contributed by atoms with van der Waals surface area (Å²) in [4.78, 5) is 51.2. The summed E-state index contributed by atoms with van der Waals surface area (Å²) in [6.07, 6.45) is 0. The van der Waals surface area contributed by atoms with Gasteiger partial charge in [0.25, 0.3) is 0 Å². The Labute approximate surface area is 207 Å². The standard InChI is InChI=1S/C28H25N3O5/c1-31-24(20-14-12-16-8-4-6-10-18(16)29-20)22(27(33)35-2)26(32)23(28(34)36-3)25(31)21-15-13-17-9-5-7-11-19(17)30-21/h4-15,22-25H,1-3H3. The van der Waals surface area contributed by atoms with Crippen molar-refractivity contribution in [2.45, 2.75) is 12.1 Å². The summed E-state index contributed by atoms with van der Waals surface area (Å²) in [5.74, 6) is -4.58. The van der Waals surface area contributed by atoms with Crippen LogP contribution in [0.2, 0.25) is 0 Å². The molecule has 2 aromatic carbocycles. The Morgan fingerprint density at radius 3 is 1.53 bits per heavy atom. The number of Topliss-reactive ketones (excluding diaryl/α,β-unsaturated/α-hetero) is 1. The van der Waals surface area contributed by atoms with Crippen molar-refractivity contribution in [1.29, 1.82) is 0 Å². The number of rotatable bonds is 4. The summed E-state index contributed by atoms with van der Waals surface area (Å²) in [6.45, 7) is 0. The van der Waals surface area contributed by atoms with E-state index in [2.05, 4.69) is 0 Å². The first-order chi connectivity index (χ1) is 17.4. The van der Waals surface area contributed by atoms with Gasteiger partial charge in [-0.3, -0.25) is 29.3 Å². The average Bonchev–Trinajstić information content (AvgIpc) is 2.92. The first kappa shape index (κ1) is 23.6. The Balaban J connectivity index is 1.70. The lowest BCUT2D eigenvalue weighted by atomic mass is 9.74. The van der Waals surface area contributed by atoms with Crippen molar-refractivity contribution >= 4 is 39.5 Å². The van der Waals surface area contributed by atoms with Crippen LogP contribution in [0.1, 0.15) is 23.5 Å². The van der Waals surface area contributed by atoms with Crippen LogP contribution < -0.4 is 0 Å². The molecule has 5 rings (SSSR count). The monoisotopic (exact) mass is 483 g/mol. The van der Waals surface area contributed by atoms with Crippen LogP contribution in [-0.4, -0.2) is 53.9 Å². The molecule has 0 bridgehead atoms. The predicted molar refractivity (Wildman–Crippen MR) is 133 cm³/mol. The van der Waals surface area contributed by atoms with E-state index in [1.165, 1.54) is 14.2 Å². The highest BCUT2D eigenvalue weighted by Gasteiger charge is 2.55. The normalized spacial score (nSPS) is 22.5. The lowest BCUT2D eigenvalue weighted by Crippen LogP contribution is -2.54. The number of hydrogen-bond donors (Lipinski definition) is 0. The Morgan fingerprint density at radius 1 is 0.694 bits per heavy atom. The molecule has 1 aliphatic heterocycles. The molecule has 4 unspecified atom stereocenters. The second-order valence-corrected chi connectivity index (χ2v) is 8.82. The number of pyridine rings is 2. The first-order valence-corrected chi connectivity index (χ1v) is 11.6. The first-order valence-electron chi connectivity index (χ1n) is 11.6. The summed E-state index contributed by atoms with van der Waals surface area (Å²) in [6, 6.07) is 21.0. The molecule has 0 N–H and O–H groups in total. The Morgan fingerprint density at radius 2 is 1.11 bits per heavy atom. The van der Waals surface area contributed by atoms with Crippen LogP contribution in [0.4, 0.5) is 0 Å². The molecule has 4 aromatic rings. The molecule has 0 amide bonds. The van der Waals surface area contributed by atoms with E-state index in [9.17, 15) is 14.4 Å². The fourth-order valence-electron chi connectivity index (χ4n) is 5.14. The van der Waals surface area contributed by atoms with Crippen molar-refractivity contribution in [1.82, 2.24) is 14.9 Å². The van der Waals surface area contributed by atoms with Gasteiger partial charge in [0, 0.05) is 10.8 Å². The third-order valence-electron chi connectivity index (χ3n) is 6.88. The summed E-state index contributed by atoms with van der Waals surface area (Å²) in [7, 11) is 4.22. The van der Waals surface area contributed by atoms with E-state index in [-0.39, 0.29) is 0 Å². The number of aromatic nitrogens is 2. The molecule has 1 aliphatic rings.